The fourth-order valence-electron chi connectivity index (χ4n) is 2.76. The highest BCUT2D eigenvalue weighted by atomic mass is 16.5. The molecule has 0 unspecified atom stereocenters. The molecule has 2 heterocycles. The molecular weight excluding hydrogens is 324 g/mol. The van der Waals surface area contributed by atoms with Crippen molar-refractivity contribution in [2.75, 3.05) is 7.11 Å². The Kier molecular flexibility index (Phi) is 4.08. The average molecular weight is 342 g/mol. The number of benzene rings is 1. The fourth-order valence-corrected chi connectivity index (χ4v) is 2.76. The van der Waals surface area contributed by atoms with Crippen molar-refractivity contribution in [1.82, 2.24) is 10.2 Å². The first-order valence-corrected chi connectivity index (χ1v) is 7.73. The normalized spacial score (nSPS) is 19.9. The quantitative estimate of drug-likeness (QED) is 0.680. The highest BCUT2D eigenvalue weighted by molar-refractivity contribution is 6.06. The van der Waals surface area contributed by atoms with E-state index in [1.807, 2.05) is 0 Å². The summed E-state index contributed by atoms with van der Waals surface area (Å²) in [5.74, 6) is 0.230. The minimum atomic E-state index is -1.22. The molecule has 0 saturated carbocycles. The second kappa shape index (κ2) is 6.08. The van der Waals surface area contributed by atoms with E-state index < -0.39 is 17.5 Å². The standard InChI is InChI=1S/C18H18N2O5/c1-11-4-9-14(25-11)18(2)16(22)20(17(23)19-18)10-12-5-7-13(8-6-12)15(21)24-3/h4-9H,10H2,1-3H3,(H,19,23)/t18-/m1/s1. The first kappa shape index (κ1) is 16.8. The molecule has 1 atom stereocenters. The van der Waals surface area contributed by atoms with E-state index in [9.17, 15) is 14.4 Å². The zero-order valence-corrected chi connectivity index (χ0v) is 14.2. The van der Waals surface area contributed by atoms with Gasteiger partial charge in [-0.2, -0.15) is 0 Å². The van der Waals surface area contributed by atoms with Gasteiger partial charge < -0.3 is 14.5 Å². The Morgan fingerprint density at radius 3 is 2.44 bits per heavy atom. The van der Waals surface area contributed by atoms with E-state index in [0.29, 0.717) is 17.1 Å². The monoisotopic (exact) mass is 342 g/mol. The Morgan fingerprint density at radius 1 is 1.20 bits per heavy atom. The molecule has 1 aliphatic heterocycles. The minimum absolute atomic E-state index is 0.0986. The number of furan rings is 1. The van der Waals surface area contributed by atoms with Gasteiger partial charge in [-0.25, -0.2) is 9.59 Å². The number of aryl methyl sites for hydroxylation is 1. The van der Waals surface area contributed by atoms with E-state index in [-0.39, 0.29) is 12.5 Å². The molecule has 1 N–H and O–H groups in total. The van der Waals surface area contributed by atoms with Gasteiger partial charge in [0.25, 0.3) is 5.91 Å². The molecule has 1 aromatic heterocycles. The lowest BCUT2D eigenvalue weighted by Gasteiger charge is -2.19. The van der Waals surface area contributed by atoms with Crippen LogP contribution in [-0.4, -0.2) is 29.9 Å². The van der Waals surface area contributed by atoms with E-state index in [1.165, 1.54) is 7.11 Å². The van der Waals surface area contributed by atoms with Gasteiger partial charge in [0.1, 0.15) is 11.5 Å². The number of rotatable bonds is 4. The van der Waals surface area contributed by atoms with Crippen molar-refractivity contribution >= 4 is 17.9 Å². The van der Waals surface area contributed by atoms with Crippen LogP contribution in [0.4, 0.5) is 4.79 Å². The second-order valence-corrected chi connectivity index (χ2v) is 6.05. The predicted molar refractivity (Wildman–Crippen MR) is 87.7 cm³/mol. The molecular formula is C18H18N2O5. The lowest BCUT2D eigenvalue weighted by molar-refractivity contribution is -0.132. The first-order valence-electron chi connectivity index (χ1n) is 7.73. The van der Waals surface area contributed by atoms with Crippen LogP contribution in [0, 0.1) is 6.92 Å². The van der Waals surface area contributed by atoms with Crippen LogP contribution in [0.5, 0.6) is 0 Å². The van der Waals surface area contributed by atoms with Gasteiger partial charge in [0.2, 0.25) is 0 Å². The molecule has 0 spiro atoms. The number of nitrogens with zero attached hydrogens (tertiary/aromatic N) is 1. The maximum absolute atomic E-state index is 12.8. The van der Waals surface area contributed by atoms with Gasteiger partial charge in [-0.05, 0) is 43.7 Å². The zero-order chi connectivity index (χ0) is 18.2. The summed E-state index contributed by atoms with van der Waals surface area (Å²) in [5, 5.41) is 2.69. The summed E-state index contributed by atoms with van der Waals surface area (Å²) < 4.78 is 10.2. The van der Waals surface area contributed by atoms with Crippen molar-refractivity contribution in [3.8, 4) is 0 Å². The second-order valence-electron chi connectivity index (χ2n) is 6.05. The van der Waals surface area contributed by atoms with Crippen molar-refractivity contribution in [2.24, 2.45) is 0 Å². The lowest BCUT2D eigenvalue weighted by Crippen LogP contribution is -2.40. The molecule has 130 valence electrons. The molecule has 1 aromatic carbocycles. The summed E-state index contributed by atoms with van der Waals surface area (Å²) in [6, 6.07) is 9.48. The number of hydrogen-bond donors (Lipinski definition) is 1. The van der Waals surface area contributed by atoms with Crippen LogP contribution in [0.2, 0.25) is 0 Å². The Bertz CT molecular complexity index is 839. The largest absolute Gasteiger partial charge is 0.465 e. The van der Waals surface area contributed by atoms with Crippen molar-refractivity contribution in [1.29, 1.82) is 0 Å². The third-order valence-electron chi connectivity index (χ3n) is 4.22. The van der Waals surface area contributed by atoms with Crippen LogP contribution in [0.15, 0.2) is 40.8 Å². The van der Waals surface area contributed by atoms with Gasteiger partial charge in [-0.3, -0.25) is 9.69 Å². The molecule has 3 amide bonds. The summed E-state index contributed by atoms with van der Waals surface area (Å²) in [6.45, 7) is 3.49. The van der Waals surface area contributed by atoms with Gasteiger partial charge in [0.05, 0.1) is 19.2 Å². The highest BCUT2D eigenvalue weighted by Gasteiger charge is 2.51. The number of imide groups is 1. The maximum Gasteiger partial charge on any atom is 0.337 e. The van der Waals surface area contributed by atoms with Crippen LogP contribution < -0.4 is 5.32 Å². The summed E-state index contributed by atoms with van der Waals surface area (Å²) in [6.07, 6.45) is 0. The predicted octanol–water partition coefficient (Wildman–Crippen LogP) is 2.34. The number of amides is 3. The summed E-state index contributed by atoms with van der Waals surface area (Å²) in [5.41, 5.74) is -0.104. The van der Waals surface area contributed by atoms with Gasteiger partial charge in [-0.15, -0.1) is 0 Å². The number of ether oxygens (including phenoxy) is 1. The Balaban J connectivity index is 1.80. The number of esters is 1. The van der Waals surface area contributed by atoms with Crippen molar-refractivity contribution in [3.63, 3.8) is 0 Å². The van der Waals surface area contributed by atoms with Crippen LogP contribution in [0.25, 0.3) is 0 Å². The summed E-state index contributed by atoms with van der Waals surface area (Å²) in [4.78, 5) is 37.7. The van der Waals surface area contributed by atoms with Crippen molar-refractivity contribution in [3.05, 3.63) is 59.0 Å². The van der Waals surface area contributed by atoms with E-state index in [4.69, 9.17) is 4.42 Å². The fraction of sp³-hybridized carbons (Fsp3) is 0.278. The summed E-state index contributed by atoms with van der Waals surface area (Å²) >= 11 is 0. The number of urea groups is 1. The van der Waals surface area contributed by atoms with Gasteiger partial charge in [0.15, 0.2) is 5.54 Å². The van der Waals surface area contributed by atoms with Crippen LogP contribution in [-0.2, 0) is 21.6 Å². The highest BCUT2D eigenvalue weighted by Crippen LogP contribution is 2.31. The van der Waals surface area contributed by atoms with Crippen LogP contribution >= 0.6 is 0 Å². The van der Waals surface area contributed by atoms with Crippen LogP contribution in [0.3, 0.4) is 0 Å². The molecule has 0 aliphatic carbocycles. The minimum Gasteiger partial charge on any atom is -0.465 e. The van der Waals surface area contributed by atoms with Gasteiger partial charge in [0, 0.05) is 0 Å². The van der Waals surface area contributed by atoms with Gasteiger partial charge in [-0.1, -0.05) is 12.1 Å². The smallest absolute Gasteiger partial charge is 0.337 e. The Hall–Kier alpha value is -3.09. The van der Waals surface area contributed by atoms with E-state index in [2.05, 4.69) is 10.1 Å². The summed E-state index contributed by atoms with van der Waals surface area (Å²) in [7, 11) is 1.31. The topological polar surface area (TPSA) is 88.8 Å². The molecule has 25 heavy (non-hydrogen) atoms. The Morgan fingerprint density at radius 2 is 1.88 bits per heavy atom. The lowest BCUT2D eigenvalue weighted by atomic mass is 9.99. The number of carbonyl (C=O) groups excluding carboxylic acids is 3. The molecule has 1 saturated heterocycles. The molecule has 1 fully saturated rings. The number of hydrogen-bond acceptors (Lipinski definition) is 5. The number of carbonyl (C=O) groups is 3. The molecule has 7 heteroatoms. The van der Waals surface area contributed by atoms with Crippen LogP contribution in [0.1, 0.15) is 34.4 Å². The molecule has 1 aliphatic rings. The molecule has 3 rings (SSSR count). The first-order chi connectivity index (χ1) is 11.8. The zero-order valence-electron chi connectivity index (χ0n) is 14.2. The van der Waals surface area contributed by atoms with Crippen molar-refractivity contribution < 1.29 is 23.5 Å². The number of nitrogens with one attached hydrogen (secondary N) is 1. The average Bonchev–Trinajstić information content (AvgIpc) is 3.13. The van der Waals surface area contributed by atoms with E-state index >= 15 is 0 Å². The third-order valence-corrected chi connectivity index (χ3v) is 4.22. The molecule has 0 radical (unpaired) electrons. The van der Waals surface area contributed by atoms with Gasteiger partial charge >= 0.3 is 12.0 Å². The molecule has 2 aromatic rings. The van der Waals surface area contributed by atoms with Crippen molar-refractivity contribution in [2.45, 2.75) is 25.9 Å². The van der Waals surface area contributed by atoms with E-state index in [0.717, 1.165) is 10.5 Å². The van der Waals surface area contributed by atoms with E-state index in [1.54, 1.807) is 50.2 Å². The molecule has 7 nitrogen and oxygen atoms in total. The number of methoxy groups -OCH3 is 1. The third kappa shape index (κ3) is 2.88. The molecule has 0 bridgehead atoms. The maximum atomic E-state index is 12.8. The SMILES string of the molecule is COC(=O)c1ccc(CN2C(=O)N[C@](C)(c3ccc(C)o3)C2=O)cc1. The Labute approximate surface area is 144 Å².